The Labute approximate surface area is 267 Å². The molecule has 2 aromatic carbocycles. The minimum Gasteiger partial charge on any atom is -0.444 e. The van der Waals surface area contributed by atoms with E-state index in [1.807, 2.05) is 81.4 Å². The highest BCUT2D eigenvalue weighted by Crippen LogP contribution is 2.32. The van der Waals surface area contributed by atoms with E-state index in [-0.39, 0.29) is 48.9 Å². The number of benzene rings is 2. The summed E-state index contributed by atoms with van der Waals surface area (Å²) in [6.45, 7) is 11.9. The molecule has 0 bridgehead atoms. The average Bonchev–Trinajstić information content (AvgIpc) is 3.03. The summed E-state index contributed by atoms with van der Waals surface area (Å²) in [6, 6.07) is 19.2. The van der Waals surface area contributed by atoms with E-state index in [4.69, 9.17) is 18.9 Å². The van der Waals surface area contributed by atoms with Gasteiger partial charge in [-0.15, -0.1) is 0 Å². The van der Waals surface area contributed by atoms with Gasteiger partial charge < -0.3 is 34.1 Å². The molecule has 2 aliphatic heterocycles. The van der Waals surface area contributed by atoms with Gasteiger partial charge in [0.1, 0.15) is 11.6 Å². The van der Waals surface area contributed by atoms with Crippen LogP contribution >= 0.6 is 0 Å². The third-order valence-electron chi connectivity index (χ3n) is 8.18. The molecule has 10 nitrogen and oxygen atoms in total. The molecular weight excluding hydrogens is 574 g/mol. The van der Waals surface area contributed by atoms with Crippen LogP contribution in [0.2, 0.25) is 0 Å². The van der Waals surface area contributed by atoms with E-state index in [2.05, 4.69) is 19.2 Å². The van der Waals surface area contributed by atoms with E-state index in [1.54, 1.807) is 9.80 Å². The number of hydrogen-bond donors (Lipinski definition) is 1. The van der Waals surface area contributed by atoms with Crippen LogP contribution in [0, 0.1) is 5.92 Å². The molecule has 10 heteroatoms. The van der Waals surface area contributed by atoms with Crippen molar-refractivity contribution < 1.29 is 33.3 Å². The van der Waals surface area contributed by atoms with Gasteiger partial charge in [0.05, 0.1) is 25.4 Å². The largest absolute Gasteiger partial charge is 0.444 e. The van der Waals surface area contributed by atoms with Gasteiger partial charge in [0.2, 0.25) is 11.8 Å². The molecule has 4 rings (SSSR count). The van der Waals surface area contributed by atoms with Gasteiger partial charge in [0.15, 0.2) is 6.29 Å². The van der Waals surface area contributed by atoms with Gasteiger partial charge in [-0.25, -0.2) is 4.79 Å². The van der Waals surface area contributed by atoms with E-state index >= 15 is 0 Å². The maximum atomic E-state index is 13.4. The van der Waals surface area contributed by atoms with Gasteiger partial charge in [0.25, 0.3) is 0 Å². The van der Waals surface area contributed by atoms with Crippen molar-refractivity contribution in [3.63, 3.8) is 0 Å². The molecule has 0 radical (unpaired) electrons. The summed E-state index contributed by atoms with van der Waals surface area (Å²) in [5, 5.41) is 3.11. The molecule has 2 heterocycles. The Bertz CT molecular complexity index is 1230. The Kier molecular flexibility index (Phi) is 12.4. The van der Waals surface area contributed by atoms with Crippen LogP contribution in [0.3, 0.4) is 0 Å². The lowest BCUT2D eigenvalue weighted by molar-refractivity contribution is -0.261. The molecule has 0 spiro atoms. The molecule has 0 aliphatic carbocycles. The minimum atomic E-state index is -0.729. The highest BCUT2D eigenvalue weighted by molar-refractivity contribution is 5.84. The molecule has 1 N–H and O–H groups in total. The lowest BCUT2D eigenvalue weighted by Gasteiger charge is -2.45. The second kappa shape index (κ2) is 16.2. The predicted molar refractivity (Wildman–Crippen MR) is 170 cm³/mol. The van der Waals surface area contributed by atoms with Crippen LogP contribution in [-0.2, 0) is 41.8 Å². The van der Waals surface area contributed by atoms with Gasteiger partial charge in [-0.3, -0.25) is 9.59 Å². The summed E-state index contributed by atoms with van der Waals surface area (Å²) in [7, 11) is 0. The standard InChI is InChI=1S/C35H49N3O7/c1-6-28-25(2)32(42-23-26-13-9-7-10-14-26)31(33(44-28)43-24-27-15-11-8-12-16-27)36-29(39)17-18-30(40)37-19-21-38(22-20-37)34(41)45-35(3,4)5/h7-16,25,28,31-33H,6,17-24H2,1-5H3,(H,36,39)/t25-,28-,31-,32+,33?/m1/s1. The summed E-state index contributed by atoms with van der Waals surface area (Å²) < 4.78 is 24.6. The van der Waals surface area contributed by atoms with Gasteiger partial charge >= 0.3 is 6.09 Å². The zero-order chi connectivity index (χ0) is 32.4. The lowest BCUT2D eigenvalue weighted by Crippen LogP contribution is -2.62. The van der Waals surface area contributed by atoms with E-state index < -0.39 is 17.9 Å². The van der Waals surface area contributed by atoms with Crippen molar-refractivity contribution in [2.75, 3.05) is 26.2 Å². The molecule has 2 fully saturated rings. The molecule has 0 aromatic heterocycles. The van der Waals surface area contributed by atoms with Crippen LogP contribution < -0.4 is 5.32 Å². The Hall–Kier alpha value is -3.47. The zero-order valence-electron chi connectivity index (χ0n) is 27.3. The number of nitrogens with zero attached hydrogens (tertiary/aromatic N) is 2. The third-order valence-corrected chi connectivity index (χ3v) is 8.18. The Morgan fingerprint density at radius 1 is 0.844 bits per heavy atom. The van der Waals surface area contributed by atoms with Crippen molar-refractivity contribution in [3.05, 3.63) is 71.8 Å². The van der Waals surface area contributed by atoms with Crippen molar-refractivity contribution in [2.24, 2.45) is 5.92 Å². The molecule has 2 saturated heterocycles. The van der Waals surface area contributed by atoms with Crippen LogP contribution in [0.4, 0.5) is 4.79 Å². The molecule has 5 atom stereocenters. The van der Waals surface area contributed by atoms with E-state index in [1.165, 1.54) is 0 Å². The molecule has 3 amide bonds. The quantitative estimate of drug-likeness (QED) is 0.379. The summed E-state index contributed by atoms with van der Waals surface area (Å²) in [5.41, 5.74) is 1.46. The van der Waals surface area contributed by atoms with E-state index in [0.29, 0.717) is 39.4 Å². The Morgan fingerprint density at radius 3 is 1.96 bits per heavy atom. The van der Waals surface area contributed by atoms with Crippen LogP contribution in [0.5, 0.6) is 0 Å². The fourth-order valence-corrected chi connectivity index (χ4v) is 5.71. The summed E-state index contributed by atoms with van der Waals surface area (Å²) in [5.74, 6) is -0.404. The first-order valence-electron chi connectivity index (χ1n) is 16.1. The monoisotopic (exact) mass is 623 g/mol. The van der Waals surface area contributed by atoms with Crippen LogP contribution in [0.1, 0.15) is 65.0 Å². The first-order valence-corrected chi connectivity index (χ1v) is 16.1. The van der Waals surface area contributed by atoms with Crippen molar-refractivity contribution in [1.82, 2.24) is 15.1 Å². The van der Waals surface area contributed by atoms with Crippen molar-refractivity contribution in [1.29, 1.82) is 0 Å². The SMILES string of the molecule is CC[C@H]1OC(OCc2ccccc2)[C@H](NC(=O)CCC(=O)N2CCN(C(=O)OC(C)(C)C)CC2)[C@@H](OCc2ccccc2)[C@@H]1C. The van der Waals surface area contributed by atoms with Crippen LogP contribution in [-0.4, -0.2) is 84.0 Å². The zero-order valence-corrected chi connectivity index (χ0v) is 27.3. The van der Waals surface area contributed by atoms with Crippen molar-refractivity contribution in [2.45, 2.75) is 97.2 Å². The first-order chi connectivity index (χ1) is 21.5. The number of piperazine rings is 1. The highest BCUT2D eigenvalue weighted by Gasteiger charge is 2.45. The Morgan fingerprint density at radius 2 is 1.40 bits per heavy atom. The maximum Gasteiger partial charge on any atom is 0.410 e. The van der Waals surface area contributed by atoms with Crippen molar-refractivity contribution in [3.8, 4) is 0 Å². The molecule has 45 heavy (non-hydrogen) atoms. The van der Waals surface area contributed by atoms with Gasteiger partial charge in [-0.1, -0.05) is 74.5 Å². The predicted octanol–water partition coefficient (Wildman–Crippen LogP) is 4.90. The summed E-state index contributed by atoms with van der Waals surface area (Å²) >= 11 is 0. The van der Waals surface area contributed by atoms with E-state index in [9.17, 15) is 14.4 Å². The normalized spacial score (nSPS) is 23.8. The number of nitrogens with one attached hydrogen (secondary N) is 1. The average molecular weight is 624 g/mol. The van der Waals surface area contributed by atoms with Gasteiger partial charge in [-0.05, 0) is 38.3 Å². The maximum absolute atomic E-state index is 13.4. The number of carbonyl (C=O) groups excluding carboxylic acids is 3. The molecule has 2 aliphatic rings. The minimum absolute atomic E-state index is 0.0107. The molecule has 1 unspecified atom stereocenters. The number of hydrogen-bond acceptors (Lipinski definition) is 7. The van der Waals surface area contributed by atoms with Gasteiger partial charge in [-0.2, -0.15) is 0 Å². The number of carbonyl (C=O) groups is 3. The van der Waals surface area contributed by atoms with Crippen molar-refractivity contribution >= 4 is 17.9 Å². The fraction of sp³-hybridized carbons (Fsp3) is 0.571. The number of ether oxygens (including phenoxy) is 4. The first kappa shape index (κ1) is 34.4. The van der Waals surface area contributed by atoms with E-state index in [0.717, 1.165) is 17.5 Å². The van der Waals surface area contributed by atoms with Crippen LogP contribution in [0.15, 0.2) is 60.7 Å². The Balaban J connectivity index is 1.38. The molecule has 0 saturated carbocycles. The van der Waals surface area contributed by atoms with Crippen LogP contribution in [0.25, 0.3) is 0 Å². The molecular formula is C35H49N3O7. The van der Waals surface area contributed by atoms with Gasteiger partial charge in [0, 0.05) is 44.9 Å². The second-order valence-electron chi connectivity index (χ2n) is 12.8. The number of amides is 3. The lowest BCUT2D eigenvalue weighted by atomic mass is 9.87. The fourth-order valence-electron chi connectivity index (χ4n) is 5.71. The molecule has 2 aromatic rings. The highest BCUT2D eigenvalue weighted by atomic mass is 16.7. The third kappa shape index (κ3) is 10.3. The second-order valence-corrected chi connectivity index (χ2v) is 12.8. The summed E-state index contributed by atoms with van der Waals surface area (Å²) in [4.78, 5) is 42.1. The topological polar surface area (TPSA) is 107 Å². The molecule has 246 valence electrons. The summed E-state index contributed by atoms with van der Waals surface area (Å²) in [6.07, 6.45) is -0.739. The smallest absolute Gasteiger partial charge is 0.410 e. The number of rotatable bonds is 11.